The molecule has 8 nitrogen and oxygen atoms in total. The number of methoxy groups -OCH3 is 2. The van der Waals surface area contributed by atoms with Gasteiger partial charge in [-0.1, -0.05) is 12.7 Å². The molecule has 0 bridgehead atoms. The average molecular weight is 240 g/mol. The van der Waals surface area contributed by atoms with E-state index in [1.54, 1.807) is 0 Å². The highest BCUT2D eigenvalue weighted by Crippen LogP contribution is 2.11. The summed E-state index contributed by atoms with van der Waals surface area (Å²) < 4.78 is 14.3. The van der Waals surface area contributed by atoms with E-state index >= 15 is 0 Å². The Morgan fingerprint density at radius 1 is 1.29 bits per heavy atom. The van der Waals surface area contributed by atoms with Crippen LogP contribution >= 0.6 is 0 Å². The largest absolute Gasteiger partial charge is 0.467 e. The lowest BCUT2D eigenvalue weighted by Crippen LogP contribution is -2.16. The van der Waals surface area contributed by atoms with Crippen LogP contribution in [0.15, 0.2) is 12.7 Å². The molecule has 1 heterocycles. The molecule has 0 radical (unpaired) electrons. The smallest absolute Gasteiger partial charge is 0.414 e. The Kier molecular flexibility index (Phi) is 4.67. The SMILES string of the molecule is C=CCOC(=O)Nc1nc(OC)nc(OC)n1. The van der Waals surface area contributed by atoms with E-state index in [1.165, 1.54) is 20.3 Å². The first kappa shape index (κ1) is 12.7. The third-order valence-electron chi connectivity index (χ3n) is 1.51. The van der Waals surface area contributed by atoms with Gasteiger partial charge in [0.15, 0.2) is 0 Å². The Bertz CT molecular complexity index is 388. The Morgan fingerprint density at radius 3 is 2.35 bits per heavy atom. The summed E-state index contributed by atoms with van der Waals surface area (Å²) in [7, 11) is 2.77. The molecule has 0 aliphatic carbocycles. The third kappa shape index (κ3) is 3.93. The summed E-state index contributed by atoms with van der Waals surface area (Å²) in [6.07, 6.45) is 0.731. The van der Waals surface area contributed by atoms with Gasteiger partial charge in [-0.25, -0.2) is 4.79 Å². The van der Waals surface area contributed by atoms with E-state index in [4.69, 9.17) is 14.2 Å². The molecule has 1 rings (SSSR count). The number of aromatic nitrogens is 3. The van der Waals surface area contributed by atoms with Crippen molar-refractivity contribution in [3.05, 3.63) is 12.7 Å². The van der Waals surface area contributed by atoms with Crippen molar-refractivity contribution in [3.63, 3.8) is 0 Å². The maximum absolute atomic E-state index is 11.2. The molecule has 1 amide bonds. The highest BCUT2D eigenvalue weighted by molar-refractivity contribution is 5.82. The molecule has 1 aromatic rings. The van der Waals surface area contributed by atoms with Crippen LogP contribution in [-0.2, 0) is 4.74 Å². The molecule has 92 valence electrons. The van der Waals surface area contributed by atoms with Crippen LogP contribution in [-0.4, -0.2) is 41.9 Å². The lowest BCUT2D eigenvalue weighted by Gasteiger charge is -2.06. The maximum atomic E-state index is 11.2. The van der Waals surface area contributed by atoms with Crippen LogP contribution in [0.3, 0.4) is 0 Å². The van der Waals surface area contributed by atoms with Gasteiger partial charge in [0.1, 0.15) is 6.61 Å². The summed E-state index contributed by atoms with van der Waals surface area (Å²) in [6.45, 7) is 3.50. The molecule has 0 spiro atoms. The predicted octanol–water partition coefficient (Wildman–Crippen LogP) is 0.623. The van der Waals surface area contributed by atoms with E-state index in [1.807, 2.05) is 0 Å². The van der Waals surface area contributed by atoms with Crippen LogP contribution in [0.1, 0.15) is 0 Å². The minimum atomic E-state index is -0.708. The number of ether oxygens (including phenoxy) is 3. The highest BCUT2D eigenvalue weighted by Gasteiger charge is 2.10. The first-order chi connectivity index (χ1) is 8.19. The molecular weight excluding hydrogens is 228 g/mol. The molecule has 0 aromatic carbocycles. The van der Waals surface area contributed by atoms with E-state index < -0.39 is 6.09 Å². The van der Waals surface area contributed by atoms with Crippen molar-refractivity contribution in [2.75, 3.05) is 26.1 Å². The predicted molar refractivity (Wildman–Crippen MR) is 58.1 cm³/mol. The summed E-state index contributed by atoms with van der Waals surface area (Å²) in [6, 6.07) is 0.0479. The number of carbonyl (C=O) groups is 1. The van der Waals surface area contributed by atoms with E-state index in [9.17, 15) is 4.79 Å². The topological polar surface area (TPSA) is 95.5 Å². The number of rotatable bonds is 5. The molecule has 0 atom stereocenters. The van der Waals surface area contributed by atoms with Crippen LogP contribution in [0.4, 0.5) is 10.7 Å². The zero-order valence-electron chi connectivity index (χ0n) is 9.47. The summed E-state index contributed by atoms with van der Waals surface area (Å²) in [5.41, 5.74) is 0. The molecular formula is C9H12N4O4. The number of nitrogens with one attached hydrogen (secondary N) is 1. The number of amides is 1. The van der Waals surface area contributed by atoms with E-state index in [0.29, 0.717) is 0 Å². The van der Waals surface area contributed by atoms with Gasteiger partial charge < -0.3 is 14.2 Å². The fraction of sp³-hybridized carbons (Fsp3) is 0.333. The van der Waals surface area contributed by atoms with Gasteiger partial charge in [0, 0.05) is 0 Å². The van der Waals surface area contributed by atoms with Crippen LogP contribution in [0.2, 0.25) is 0 Å². The fourth-order valence-electron chi connectivity index (χ4n) is 0.838. The molecule has 1 aromatic heterocycles. The normalized spacial score (nSPS) is 9.29. The van der Waals surface area contributed by atoms with Crippen LogP contribution < -0.4 is 14.8 Å². The van der Waals surface area contributed by atoms with Gasteiger partial charge >= 0.3 is 18.1 Å². The van der Waals surface area contributed by atoms with Crippen molar-refractivity contribution in [2.24, 2.45) is 0 Å². The average Bonchev–Trinajstić information content (AvgIpc) is 2.35. The number of nitrogens with zero attached hydrogens (tertiary/aromatic N) is 3. The lowest BCUT2D eigenvalue weighted by atomic mass is 10.7. The molecule has 0 saturated heterocycles. The second-order valence-corrected chi connectivity index (χ2v) is 2.64. The van der Waals surface area contributed by atoms with Crippen molar-refractivity contribution < 1.29 is 19.0 Å². The summed E-state index contributed by atoms with van der Waals surface area (Å²) in [5, 5.41) is 2.30. The van der Waals surface area contributed by atoms with Crippen LogP contribution in [0.5, 0.6) is 12.0 Å². The Morgan fingerprint density at radius 2 is 1.88 bits per heavy atom. The minimum absolute atomic E-state index is 0.0240. The van der Waals surface area contributed by atoms with Gasteiger partial charge in [-0.15, -0.1) is 4.98 Å². The van der Waals surface area contributed by atoms with Crippen LogP contribution in [0, 0.1) is 0 Å². The molecule has 8 heteroatoms. The first-order valence-electron chi connectivity index (χ1n) is 4.58. The van der Waals surface area contributed by atoms with Crippen molar-refractivity contribution >= 4 is 12.0 Å². The minimum Gasteiger partial charge on any atom is -0.467 e. The molecule has 17 heavy (non-hydrogen) atoms. The standard InChI is InChI=1S/C9H12N4O4/c1-4-5-17-9(14)12-6-10-7(15-2)13-8(11-6)16-3/h4H,1,5H2,2-3H3,(H,10,11,12,13,14). The second-order valence-electron chi connectivity index (χ2n) is 2.64. The van der Waals surface area contributed by atoms with Gasteiger partial charge in [0.2, 0.25) is 5.95 Å². The fourth-order valence-corrected chi connectivity index (χ4v) is 0.838. The zero-order valence-corrected chi connectivity index (χ0v) is 9.47. The monoisotopic (exact) mass is 240 g/mol. The van der Waals surface area contributed by atoms with Crippen molar-refractivity contribution in [1.29, 1.82) is 0 Å². The van der Waals surface area contributed by atoms with E-state index in [2.05, 4.69) is 26.8 Å². The molecule has 0 aliphatic heterocycles. The van der Waals surface area contributed by atoms with Crippen LogP contribution in [0.25, 0.3) is 0 Å². The first-order valence-corrected chi connectivity index (χ1v) is 4.58. The summed E-state index contributed by atoms with van der Waals surface area (Å²) in [5.74, 6) is -0.0252. The molecule has 1 N–H and O–H groups in total. The van der Waals surface area contributed by atoms with Crippen molar-refractivity contribution in [3.8, 4) is 12.0 Å². The Hall–Kier alpha value is -2.38. The van der Waals surface area contributed by atoms with Crippen molar-refractivity contribution in [2.45, 2.75) is 0 Å². The van der Waals surface area contributed by atoms with Gasteiger partial charge in [0.05, 0.1) is 14.2 Å². The lowest BCUT2D eigenvalue weighted by molar-refractivity contribution is 0.174. The maximum Gasteiger partial charge on any atom is 0.414 e. The molecule has 0 fully saturated rings. The summed E-state index contributed by atoms with van der Waals surface area (Å²) >= 11 is 0. The second kappa shape index (κ2) is 6.26. The highest BCUT2D eigenvalue weighted by atomic mass is 16.5. The van der Waals surface area contributed by atoms with Gasteiger partial charge in [-0.3, -0.25) is 5.32 Å². The number of anilines is 1. The Labute approximate surface area is 97.6 Å². The number of carbonyl (C=O) groups excluding carboxylic acids is 1. The molecule has 0 aliphatic rings. The summed E-state index contributed by atoms with van der Waals surface area (Å²) in [4.78, 5) is 22.5. The van der Waals surface area contributed by atoms with Gasteiger partial charge in [-0.2, -0.15) is 9.97 Å². The van der Waals surface area contributed by atoms with Crippen molar-refractivity contribution in [1.82, 2.24) is 15.0 Å². The zero-order chi connectivity index (χ0) is 12.7. The molecule has 0 unspecified atom stereocenters. The third-order valence-corrected chi connectivity index (χ3v) is 1.51. The van der Waals surface area contributed by atoms with E-state index in [-0.39, 0.29) is 24.6 Å². The quantitative estimate of drug-likeness (QED) is 0.753. The van der Waals surface area contributed by atoms with Gasteiger partial charge in [-0.05, 0) is 0 Å². The molecule has 0 saturated carbocycles. The number of hydrogen-bond acceptors (Lipinski definition) is 7. The number of hydrogen-bond donors (Lipinski definition) is 1. The van der Waals surface area contributed by atoms with E-state index in [0.717, 1.165) is 0 Å². The van der Waals surface area contributed by atoms with Gasteiger partial charge in [0.25, 0.3) is 0 Å². The Balaban J connectivity index is 2.75.